The number of fused-ring (bicyclic) bond motifs is 1. The molecular formula is C69H91F6N5O12S3. The number of aliphatic imine (C=N–C) groups is 1. The van der Waals surface area contributed by atoms with Gasteiger partial charge in [-0.05, 0) is 192 Å². The summed E-state index contributed by atoms with van der Waals surface area (Å²) in [6, 6.07) is 8.68. The van der Waals surface area contributed by atoms with E-state index < -0.39 is 100 Å². The van der Waals surface area contributed by atoms with Gasteiger partial charge in [0.15, 0.2) is 0 Å². The van der Waals surface area contributed by atoms with Crippen molar-refractivity contribution in [3.63, 3.8) is 0 Å². The van der Waals surface area contributed by atoms with E-state index >= 15 is 0 Å². The zero-order chi connectivity index (χ0) is 71.3. The van der Waals surface area contributed by atoms with Gasteiger partial charge in [-0.1, -0.05) is 32.4 Å². The van der Waals surface area contributed by atoms with E-state index in [1.807, 2.05) is 6.92 Å². The molecule has 0 unspecified atom stereocenters. The third-order valence-corrected chi connectivity index (χ3v) is 16.8. The number of hydrogen-bond donors (Lipinski definition) is 3. The van der Waals surface area contributed by atoms with Gasteiger partial charge < -0.3 is 24.3 Å². The summed E-state index contributed by atoms with van der Waals surface area (Å²) in [6.07, 6.45) is -10.9. The lowest BCUT2D eigenvalue weighted by atomic mass is 9.95. The summed E-state index contributed by atoms with van der Waals surface area (Å²) in [5.41, 5.74) is -3.49. The fraction of sp³-hybridized carbons (Fsp3) is 0.565. The van der Waals surface area contributed by atoms with Crippen LogP contribution < -0.4 is 16.0 Å². The summed E-state index contributed by atoms with van der Waals surface area (Å²) >= 11 is 3.48. The Hall–Kier alpha value is -6.80. The van der Waals surface area contributed by atoms with Crippen LogP contribution in [-0.4, -0.2) is 98.8 Å². The molecule has 0 saturated heterocycles. The Kier molecular flexibility index (Phi) is 30.5. The van der Waals surface area contributed by atoms with E-state index in [0.29, 0.717) is 82.1 Å². The fourth-order valence-electron chi connectivity index (χ4n) is 9.41. The van der Waals surface area contributed by atoms with Crippen LogP contribution in [0.2, 0.25) is 0 Å². The van der Waals surface area contributed by atoms with Gasteiger partial charge in [0.05, 0.1) is 27.8 Å². The zero-order valence-corrected chi connectivity index (χ0v) is 59.1. The molecule has 1 aromatic heterocycles. The van der Waals surface area contributed by atoms with Crippen LogP contribution in [0.3, 0.4) is 0 Å². The van der Waals surface area contributed by atoms with Crippen molar-refractivity contribution >= 4 is 98.4 Å². The van der Waals surface area contributed by atoms with E-state index in [1.54, 1.807) is 101 Å². The first-order chi connectivity index (χ1) is 43.9. The summed E-state index contributed by atoms with van der Waals surface area (Å²) in [6.45, 7) is 26.0. The molecule has 524 valence electrons. The molecule has 3 aromatic carbocycles. The number of halogens is 6. The lowest BCUT2D eigenvalue weighted by Crippen LogP contribution is -2.37. The number of nitrogens with one attached hydrogen (secondary N) is 3. The Morgan fingerprint density at radius 3 is 1.42 bits per heavy atom. The molecule has 0 atom stereocenters. The van der Waals surface area contributed by atoms with Crippen molar-refractivity contribution in [1.29, 1.82) is 0 Å². The maximum absolute atomic E-state index is 14.7. The van der Waals surface area contributed by atoms with Crippen LogP contribution in [0.25, 0.3) is 10.2 Å². The van der Waals surface area contributed by atoms with Crippen molar-refractivity contribution in [2.75, 3.05) is 18.1 Å². The summed E-state index contributed by atoms with van der Waals surface area (Å²) in [7, 11) is 0. The predicted octanol–water partition coefficient (Wildman–Crippen LogP) is 17.2. The summed E-state index contributed by atoms with van der Waals surface area (Å²) < 4.78 is 109. The van der Waals surface area contributed by atoms with Crippen molar-refractivity contribution in [3.8, 4) is 0 Å². The molecule has 0 aliphatic heterocycles. The highest BCUT2D eigenvalue weighted by atomic mass is 32.2. The van der Waals surface area contributed by atoms with Crippen LogP contribution in [0, 0.1) is 0 Å². The average Bonchev–Trinajstić information content (AvgIpc) is 1.31. The second-order valence-corrected chi connectivity index (χ2v) is 30.3. The highest BCUT2D eigenvalue weighted by molar-refractivity contribution is 7.99. The molecule has 0 radical (unpaired) electrons. The van der Waals surface area contributed by atoms with Gasteiger partial charge in [0, 0.05) is 79.2 Å². The summed E-state index contributed by atoms with van der Waals surface area (Å²) in [4.78, 5) is 114. The second-order valence-electron chi connectivity index (χ2n) is 27.0. The van der Waals surface area contributed by atoms with Crippen LogP contribution in [0.1, 0.15) is 205 Å². The summed E-state index contributed by atoms with van der Waals surface area (Å²) in [5.74, 6) is -0.970. The number of amidine groups is 1. The van der Waals surface area contributed by atoms with Crippen molar-refractivity contribution in [1.82, 2.24) is 20.9 Å². The number of aromatic nitrogens is 1. The number of rotatable bonds is 32. The van der Waals surface area contributed by atoms with E-state index in [0.717, 1.165) is 47.4 Å². The number of alkyl carbamates (subject to hydrolysis) is 3. The summed E-state index contributed by atoms with van der Waals surface area (Å²) in [5, 5.41) is 8.01. The fourth-order valence-corrected chi connectivity index (χ4v) is 12.6. The number of Topliss-reactive ketones (excluding diaryl/α,β-unsaturated/α-hetero) is 4. The first-order valence-corrected chi connectivity index (χ1v) is 34.3. The predicted molar refractivity (Wildman–Crippen MR) is 358 cm³/mol. The van der Waals surface area contributed by atoms with E-state index in [9.17, 15) is 64.7 Å². The molecule has 4 amide bonds. The molecule has 0 saturated carbocycles. The molecule has 95 heavy (non-hydrogen) atoms. The molecule has 0 bridgehead atoms. The Labute approximate surface area is 565 Å². The molecule has 3 N–H and O–H groups in total. The van der Waals surface area contributed by atoms with Gasteiger partial charge in [0.1, 0.15) is 56.4 Å². The van der Waals surface area contributed by atoms with Gasteiger partial charge in [0.2, 0.25) is 0 Å². The highest BCUT2D eigenvalue weighted by Gasteiger charge is 2.35. The lowest BCUT2D eigenvalue weighted by molar-refractivity contribution is -0.138. The van der Waals surface area contributed by atoms with E-state index in [1.165, 1.54) is 11.8 Å². The number of hydrogen-bond acceptors (Lipinski definition) is 16. The van der Waals surface area contributed by atoms with Crippen molar-refractivity contribution < 1.29 is 83.6 Å². The van der Waals surface area contributed by atoms with Crippen LogP contribution in [0.4, 0.5) is 45.5 Å². The topological polar surface area (TPSA) is 235 Å². The number of alkyl halides is 6. The van der Waals surface area contributed by atoms with Gasteiger partial charge in [-0.15, -0.1) is 34.9 Å². The smallest absolute Gasteiger partial charge is 0.435 e. The monoisotopic (exact) mass is 1390 g/mol. The van der Waals surface area contributed by atoms with E-state index in [-0.39, 0.29) is 102 Å². The van der Waals surface area contributed by atoms with Gasteiger partial charge in [-0.2, -0.15) is 31.3 Å². The average molecular weight is 1390 g/mol. The number of carbonyl (C=O) groups is 8. The number of nitrogens with zero attached hydrogens (tertiary/aromatic N) is 2. The number of carbonyl (C=O) groups excluding carboxylic acids is 8. The molecule has 4 rings (SSSR count). The standard InChI is InChI=1S/C69H91F6N5O12S3/c1-15-29-93-58-44(37-50(81)23-19-16-18-22-42(2)77-61(86)90-65(6,7)8)33-48(68(70,71)72)35-46(58)39-52(83)31-43-26-27-54-55(32-43)95-57(78-54)41-53(84)40-47-36-49(69(73,74)75)34-45(59(47)94-30-28-76-60(85)89-64(3,4)5)38-51(82)24-20-17-21-25-56(79-62(87)91-66(9,10)11)80-63(88)92-67(12,13)14/h26-27,32-36H,2,15-25,28-31,37-41H2,1,3-14H3,(H,76,85)(H,77,86)(H,79,80,87,88). The number of thiazole rings is 1. The SMILES string of the molecule is C=C(CCCCCC(=O)Cc1cc(C(F)(F)F)cc(CC(=O)Cc2ccc3nc(CC(=O)Cc4cc(C(F)(F)F)cc(CC(=O)CCCCCC(=NC(=O)OC(C)(C)C)NC(=O)OC(C)(C)C)c4SCCNC(=O)OC(C)(C)C)sc3c2)c1SCCC)NC(=O)OC(C)(C)C. The molecule has 0 aliphatic rings. The second kappa shape index (κ2) is 36.0. The Morgan fingerprint density at radius 1 is 0.516 bits per heavy atom. The van der Waals surface area contributed by atoms with Crippen LogP contribution in [-0.2, 0) is 89.0 Å². The zero-order valence-electron chi connectivity index (χ0n) is 56.7. The van der Waals surface area contributed by atoms with Crippen molar-refractivity contribution in [2.24, 2.45) is 4.99 Å². The Balaban J connectivity index is 1.52. The maximum atomic E-state index is 14.7. The molecule has 0 aliphatic carbocycles. The minimum atomic E-state index is -4.88. The first kappa shape index (κ1) is 80.6. The number of ketones is 4. The maximum Gasteiger partial charge on any atom is 0.435 e. The number of thioether (sulfide) groups is 2. The van der Waals surface area contributed by atoms with Gasteiger partial charge in [-0.25, -0.2) is 24.2 Å². The molecular weight excluding hydrogens is 1300 g/mol. The largest absolute Gasteiger partial charge is 0.444 e. The quantitative estimate of drug-likeness (QED) is 0.0103. The van der Waals surface area contributed by atoms with Gasteiger partial charge in [-0.3, -0.25) is 29.8 Å². The lowest BCUT2D eigenvalue weighted by Gasteiger charge is -2.20. The van der Waals surface area contributed by atoms with Crippen LogP contribution >= 0.6 is 34.9 Å². The number of amides is 4. The van der Waals surface area contributed by atoms with Crippen molar-refractivity contribution in [2.45, 2.75) is 244 Å². The Bertz CT molecular complexity index is 3410. The molecule has 0 spiro atoms. The number of unbranched alkanes of at least 4 members (excludes halogenated alkanes) is 4. The highest BCUT2D eigenvalue weighted by Crippen LogP contribution is 2.39. The molecule has 0 fully saturated rings. The first-order valence-electron chi connectivity index (χ1n) is 31.6. The molecule has 4 aromatic rings. The van der Waals surface area contributed by atoms with Gasteiger partial charge >= 0.3 is 36.7 Å². The number of allylic oxidation sites excluding steroid dienone is 1. The Morgan fingerprint density at radius 2 is 0.947 bits per heavy atom. The van der Waals surface area contributed by atoms with Crippen molar-refractivity contribution in [3.05, 3.63) is 98.7 Å². The number of ether oxygens (including phenoxy) is 4. The molecule has 17 nitrogen and oxygen atoms in total. The van der Waals surface area contributed by atoms with E-state index in [4.69, 9.17) is 18.9 Å². The van der Waals surface area contributed by atoms with Crippen LogP contribution in [0.5, 0.6) is 0 Å². The molecule has 1 heterocycles. The third kappa shape index (κ3) is 31.7. The molecule has 26 heteroatoms. The normalized spacial score (nSPS) is 12.5. The van der Waals surface area contributed by atoms with Crippen LogP contribution in [0.15, 0.2) is 69.5 Å². The number of benzene rings is 3. The third-order valence-electron chi connectivity index (χ3n) is 13.2. The minimum absolute atomic E-state index is 0.00338. The minimum Gasteiger partial charge on any atom is -0.444 e. The van der Waals surface area contributed by atoms with E-state index in [2.05, 4.69) is 32.5 Å². The van der Waals surface area contributed by atoms with Gasteiger partial charge in [0.25, 0.3) is 0 Å².